The van der Waals surface area contributed by atoms with E-state index in [2.05, 4.69) is 16.7 Å². The number of hydrogen-bond acceptors (Lipinski definition) is 3. The minimum Gasteiger partial charge on any atom is -0.381 e. The molecule has 5 heteroatoms. The fraction of sp³-hybridized carbons (Fsp3) is 0.571. The lowest BCUT2D eigenvalue weighted by Gasteiger charge is -2.34. The molecule has 0 amide bonds. The van der Waals surface area contributed by atoms with Crippen LogP contribution in [-0.4, -0.2) is 50.8 Å². The van der Waals surface area contributed by atoms with Crippen LogP contribution in [0.3, 0.4) is 0 Å². The van der Waals surface area contributed by atoms with Crippen LogP contribution in [0.2, 0.25) is 0 Å². The molecule has 1 saturated heterocycles. The molecule has 2 aromatic rings. The minimum atomic E-state index is -0.217. The summed E-state index contributed by atoms with van der Waals surface area (Å²) < 4.78 is 33.4. The van der Waals surface area contributed by atoms with E-state index in [0.717, 1.165) is 87.9 Å². The van der Waals surface area contributed by atoms with Gasteiger partial charge in [-0.1, -0.05) is 25.1 Å². The Kier molecular flexibility index (Phi) is 8.74. The number of ether oxygens (including phenoxy) is 1. The standard InChI is InChI=1S/C28H38F2N2O/c1-2-19-33-20-13-22-11-15-31(16-12-22)17-18-32-14-3-4-26(23-5-7-24(29)8-6-23)27-10-9-25(30)21-28(27)32/h5-10,21-22,26H,2-4,11-20H2,1H3. The van der Waals surface area contributed by atoms with Crippen molar-refractivity contribution in [2.45, 2.75) is 51.4 Å². The van der Waals surface area contributed by atoms with E-state index in [1.54, 1.807) is 12.1 Å². The summed E-state index contributed by atoms with van der Waals surface area (Å²) in [5, 5.41) is 0. The second kappa shape index (κ2) is 11.9. The average molecular weight is 457 g/mol. The Hall–Kier alpha value is -1.98. The van der Waals surface area contributed by atoms with E-state index >= 15 is 0 Å². The topological polar surface area (TPSA) is 15.7 Å². The average Bonchev–Trinajstić information content (AvgIpc) is 3.01. The second-order valence-electron chi connectivity index (χ2n) is 9.62. The van der Waals surface area contributed by atoms with Gasteiger partial charge in [-0.25, -0.2) is 8.78 Å². The van der Waals surface area contributed by atoms with Crippen molar-refractivity contribution in [3.8, 4) is 0 Å². The predicted octanol–water partition coefficient (Wildman–Crippen LogP) is 6.23. The molecule has 1 atom stereocenters. The third kappa shape index (κ3) is 6.54. The first-order valence-electron chi connectivity index (χ1n) is 12.7. The SMILES string of the molecule is CCCOCCC1CCN(CCN2CCCC(c3ccc(F)cc3)c3ccc(F)cc32)CC1. The van der Waals surface area contributed by atoms with Crippen LogP contribution in [0.25, 0.3) is 0 Å². The maximum absolute atomic E-state index is 14.3. The number of hydrogen-bond donors (Lipinski definition) is 0. The molecule has 2 aliphatic rings. The van der Waals surface area contributed by atoms with Crippen LogP contribution in [0.5, 0.6) is 0 Å². The fourth-order valence-corrected chi connectivity index (χ4v) is 5.38. The Labute approximate surface area is 197 Å². The van der Waals surface area contributed by atoms with Crippen LogP contribution < -0.4 is 4.90 Å². The summed E-state index contributed by atoms with van der Waals surface area (Å²) in [4.78, 5) is 4.93. The van der Waals surface area contributed by atoms with Crippen molar-refractivity contribution in [2.24, 2.45) is 5.92 Å². The van der Waals surface area contributed by atoms with E-state index in [4.69, 9.17) is 4.74 Å². The van der Waals surface area contributed by atoms with Crippen LogP contribution in [0.4, 0.5) is 14.5 Å². The summed E-state index contributed by atoms with van der Waals surface area (Å²) in [5.74, 6) is 0.551. The molecule has 0 N–H and O–H groups in total. The molecule has 2 heterocycles. The zero-order valence-electron chi connectivity index (χ0n) is 19.9. The second-order valence-corrected chi connectivity index (χ2v) is 9.62. The number of halogens is 2. The minimum absolute atomic E-state index is 0.178. The molecular formula is C28H38F2N2O. The monoisotopic (exact) mass is 456 g/mol. The number of anilines is 1. The molecule has 3 nitrogen and oxygen atoms in total. The smallest absolute Gasteiger partial charge is 0.125 e. The molecule has 1 unspecified atom stereocenters. The molecule has 2 aliphatic heterocycles. The summed E-state index contributed by atoms with van der Waals surface area (Å²) in [7, 11) is 0. The highest BCUT2D eigenvalue weighted by Gasteiger charge is 2.26. The number of piperidine rings is 1. The van der Waals surface area contributed by atoms with Crippen molar-refractivity contribution >= 4 is 5.69 Å². The van der Waals surface area contributed by atoms with Crippen molar-refractivity contribution in [3.05, 3.63) is 65.2 Å². The Balaban J connectivity index is 1.36. The lowest BCUT2D eigenvalue weighted by Crippen LogP contribution is -2.40. The van der Waals surface area contributed by atoms with E-state index in [1.807, 2.05) is 18.2 Å². The van der Waals surface area contributed by atoms with Crippen LogP contribution in [-0.2, 0) is 4.74 Å². The van der Waals surface area contributed by atoms with Crippen LogP contribution in [0.1, 0.15) is 62.5 Å². The molecule has 1 fully saturated rings. The van der Waals surface area contributed by atoms with Crippen molar-refractivity contribution in [2.75, 3.05) is 50.8 Å². The molecular weight excluding hydrogens is 418 g/mol. The zero-order valence-corrected chi connectivity index (χ0v) is 19.9. The molecule has 180 valence electrons. The fourth-order valence-electron chi connectivity index (χ4n) is 5.38. The largest absolute Gasteiger partial charge is 0.381 e. The van der Waals surface area contributed by atoms with Gasteiger partial charge in [0, 0.05) is 44.5 Å². The number of rotatable bonds is 9. The molecule has 4 rings (SSSR count). The summed E-state index contributed by atoms with van der Waals surface area (Å²) in [6, 6.07) is 12.0. The van der Waals surface area contributed by atoms with E-state index in [9.17, 15) is 8.78 Å². The third-order valence-electron chi connectivity index (χ3n) is 7.31. The lowest BCUT2D eigenvalue weighted by molar-refractivity contribution is 0.102. The summed E-state index contributed by atoms with van der Waals surface area (Å²) in [5.41, 5.74) is 3.27. The van der Waals surface area contributed by atoms with Crippen molar-refractivity contribution in [1.29, 1.82) is 0 Å². The summed E-state index contributed by atoms with van der Waals surface area (Å²) in [6.07, 6.45) is 6.79. The lowest BCUT2D eigenvalue weighted by atomic mass is 9.87. The van der Waals surface area contributed by atoms with Gasteiger partial charge in [0.05, 0.1) is 0 Å². The number of benzene rings is 2. The molecule has 0 radical (unpaired) electrons. The molecule has 0 aliphatic carbocycles. The normalized spacial score (nSPS) is 20.0. The zero-order chi connectivity index (χ0) is 23.0. The first-order valence-corrected chi connectivity index (χ1v) is 12.7. The highest BCUT2D eigenvalue weighted by Crippen LogP contribution is 2.39. The third-order valence-corrected chi connectivity index (χ3v) is 7.31. The molecule has 0 bridgehead atoms. The van der Waals surface area contributed by atoms with Crippen molar-refractivity contribution in [1.82, 2.24) is 4.90 Å². The molecule has 0 aromatic heterocycles. The van der Waals surface area contributed by atoms with Gasteiger partial charge in [0.2, 0.25) is 0 Å². The van der Waals surface area contributed by atoms with E-state index < -0.39 is 0 Å². The Bertz CT molecular complexity index is 865. The van der Waals surface area contributed by atoms with Crippen LogP contribution >= 0.6 is 0 Å². The van der Waals surface area contributed by atoms with Gasteiger partial charge in [0.15, 0.2) is 0 Å². The molecule has 2 aromatic carbocycles. The van der Waals surface area contributed by atoms with Crippen molar-refractivity contribution < 1.29 is 13.5 Å². The van der Waals surface area contributed by atoms with Gasteiger partial charge in [-0.15, -0.1) is 0 Å². The van der Waals surface area contributed by atoms with Gasteiger partial charge in [-0.05, 0) is 92.9 Å². The van der Waals surface area contributed by atoms with Gasteiger partial charge >= 0.3 is 0 Å². The highest BCUT2D eigenvalue weighted by molar-refractivity contribution is 5.58. The quantitative estimate of drug-likeness (QED) is 0.416. The predicted molar refractivity (Wildman–Crippen MR) is 131 cm³/mol. The van der Waals surface area contributed by atoms with Gasteiger partial charge in [-0.3, -0.25) is 0 Å². The number of nitrogens with zero attached hydrogens (tertiary/aromatic N) is 2. The number of fused-ring (bicyclic) bond motifs is 1. The Morgan fingerprint density at radius 3 is 2.39 bits per heavy atom. The van der Waals surface area contributed by atoms with Gasteiger partial charge < -0.3 is 14.5 Å². The van der Waals surface area contributed by atoms with Gasteiger partial charge in [0.1, 0.15) is 11.6 Å². The van der Waals surface area contributed by atoms with E-state index in [-0.39, 0.29) is 17.6 Å². The molecule has 33 heavy (non-hydrogen) atoms. The number of likely N-dealkylation sites (tertiary alicyclic amines) is 1. The maximum Gasteiger partial charge on any atom is 0.125 e. The summed E-state index contributed by atoms with van der Waals surface area (Å²) in [6.45, 7) is 9.05. The van der Waals surface area contributed by atoms with Gasteiger partial charge in [0.25, 0.3) is 0 Å². The summed E-state index contributed by atoms with van der Waals surface area (Å²) >= 11 is 0. The maximum atomic E-state index is 14.3. The first-order chi connectivity index (χ1) is 16.1. The van der Waals surface area contributed by atoms with Gasteiger partial charge in [-0.2, -0.15) is 0 Å². The van der Waals surface area contributed by atoms with E-state index in [1.165, 1.54) is 31.4 Å². The van der Waals surface area contributed by atoms with Crippen LogP contribution in [0.15, 0.2) is 42.5 Å². The molecule has 0 saturated carbocycles. The van der Waals surface area contributed by atoms with E-state index in [0.29, 0.717) is 0 Å². The molecule has 0 spiro atoms. The Morgan fingerprint density at radius 1 is 0.879 bits per heavy atom. The van der Waals surface area contributed by atoms with Crippen molar-refractivity contribution in [3.63, 3.8) is 0 Å². The first kappa shape index (κ1) is 24.2. The van der Waals surface area contributed by atoms with Crippen LogP contribution in [0, 0.1) is 17.6 Å². The Morgan fingerprint density at radius 2 is 1.64 bits per heavy atom. The highest BCUT2D eigenvalue weighted by atomic mass is 19.1.